The van der Waals surface area contributed by atoms with Crippen molar-refractivity contribution in [2.45, 2.75) is 26.8 Å². The number of rotatable bonds is 7. The van der Waals surface area contributed by atoms with E-state index in [1.54, 1.807) is 13.8 Å². The highest BCUT2D eigenvalue weighted by Crippen LogP contribution is 2.01. The number of carboxylic acids is 1. The van der Waals surface area contributed by atoms with Crippen LogP contribution in [0, 0.1) is 5.92 Å². The molecule has 0 radical (unpaired) electrons. The third kappa shape index (κ3) is 7.74. The molecule has 108 valence electrons. The van der Waals surface area contributed by atoms with E-state index in [2.05, 4.69) is 16.0 Å². The Balaban J connectivity index is 4.39. The van der Waals surface area contributed by atoms with Crippen molar-refractivity contribution in [1.29, 1.82) is 0 Å². The number of carbonyl (C=O) groups excluding carboxylic acids is 3. The van der Waals surface area contributed by atoms with Gasteiger partial charge in [0.15, 0.2) is 0 Å². The lowest BCUT2D eigenvalue weighted by atomic mass is 10.0. The van der Waals surface area contributed by atoms with E-state index in [0.717, 1.165) is 0 Å². The van der Waals surface area contributed by atoms with Crippen molar-refractivity contribution < 1.29 is 24.3 Å². The minimum atomic E-state index is -1.17. The summed E-state index contributed by atoms with van der Waals surface area (Å²) in [6.07, 6.45) is 0. The normalized spacial score (nSPS) is 11.6. The quantitative estimate of drug-likeness (QED) is 0.447. The zero-order valence-corrected chi connectivity index (χ0v) is 11.1. The van der Waals surface area contributed by atoms with E-state index in [0.29, 0.717) is 0 Å². The molecule has 1 atom stereocenters. The Morgan fingerprint density at radius 2 is 1.63 bits per heavy atom. The monoisotopic (exact) mass is 273 g/mol. The van der Waals surface area contributed by atoms with Gasteiger partial charge < -0.3 is 21.1 Å². The fourth-order valence-electron chi connectivity index (χ4n) is 1.24. The molecule has 1 unspecified atom stereocenters. The number of hydrogen-bond donors (Lipinski definition) is 4. The lowest BCUT2D eigenvalue weighted by molar-refractivity contribution is -0.138. The first kappa shape index (κ1) is 16.9. The van der Waals surface area contributed by atoms with Gasteiger partial charge in [-0.3, -0.25) is 19.2 Å². The van der Waals surface area contributed by atoms with Crippen LogP contribution in [0.2, 0.25) is 0 Å². The molecule has 0 aliphatic heterocycles. The summed E-state index contributed by atoms with van der Waals surface area (Å²) in [5.74, 6) is -2.82. The van der Waals surface area contributed by atoms with Gasteiger partial charge in [0.25, 0.3) is 0 Å². The number of nitrogens with one attached hydrogen (secondary N) is 3. The van der Waals surface area contributed by atoms with E-state index in [4.69, 9.17) is 5.11 Å². The first-order chi connectivity index (χ1) is 8.73. The van der Waals surface area contributed by atoms with Gasteiger partial charge in [0.2, 0.25) is 17.7 Å². The summed E-state index contributed by atoms with van der Waals surface area (Å²) in [5.41, 5.74) is 0. The zero-order valence-electron chi connectivity index (χ0n) is 11.1. The van der Waals surface area contributed by atoms with E-state index < -0.39 is 30.4 Å². The van der Waals surface area contributed by atoms with Crippen LogP contribution in [0.4, 0.5) is 0 Å². The predicted octanol–water partition coefficient (Wildman–Crippen LogP) is -1.54. The summed E-state index contributed by atoms with van der Waals surface area (Å²) < 4.78 is 0. The van der Waals surface area contributed by atoms with Gasteiger partial charge >= 0.3 is 5.97 Å². The van der Waals surface area contributed by atoms with E-state index in [9.17, 15) is 19.2 Å². The molecule has 0 aromatic carbocycles. The third-order valence-corrected chi connectivity index (χ3v) is 2.18. The Bertz CT molecular complexity index is 367. The van der Waals surface area contributed by atoms with Crippen molar-refractivity contribution >= 4 is 23.7 Å². The Morgan fingerprint density at radius 3 is 2.05 bits per heavy atom. The Morgan fingerprint density at radius 1 is 1.05 bits per heavy atom. The highest BCUT2D eigenvalue weighted by atomic mass is 16.4. The van der Waals surface area contributed by atoms with Gasteiger partial charge in [-0.1, -0.05) is 13.8 Å². The molecule has 0 bridgehead atoms. The molecule has 0 saturated heterocycles. The fraction of sp³-hybridized carbons (Fsp3) is 0.636. The first-order valence-corrected chi connectivity index (χ1v) is 5.77. The standard InChI is InChI=1S/C11H19N3O5/c1-6(2)10(11(19)13-5-9(17)18)14-8(16)4-12-7(3)15/h6,10H,4-5H2,1-3H3,(H,12,15)(H,13,19)(H,14,16)(H,17,18). The minimum Gasteiger partial charge on any atom is -0.480 e. The van der Waals surface area contributed by atoms with Crippen LogP contribution in [-0.2, 0) is 19.2 Å². The Kier molecular flexibility index (Phi) is 7.16. The highest BCUT2D eigenvalue weighted by Gasteiger charge is 2.24. The second-order valence-corrected chi connectivity index (χ2v) is 4.31. The molecule has 3 amide bonds. The molecule has 0 heterocycles. The summed E-state index contributed by atoms with van der Waals surface area (Å²) in [4.78, 5) is 44.2. The molecule has 0 spiro atoms. The minimum absolute atomic E-state index is 0.213. The average Bonchev–Trinajstić information content (AvgIpc) is 2.29. The van der Waals surface area contributed by atoms with Crippen LogP contribution in [0.15, 0.2) is 0 Å². The molecule has 0 aromatic heterocycles. The van der Waals surface area contributed by atoms with E-state index in [1.807, 2.05) is 0 Å². The number of carboxylic acid groups (broad SMARTS) is 1. The zero-order chi connectivity index (χ0) is 15.0. The molecule has 4 N–H and O–H groups in total. The number of carbonyl (C=O) groups is 4. The molecule has 0 fully saturated rings. The topological polar surface area (TPSA) is 125 Å². The molecule has 0 aliphatic rings. The second kappa shape index (κ2) is 8.06. The number of amides is 3. The average molecular weight is 273 g/mol. The summed E-state index contributed by atoms with van der Waals surface area (Å²) in [5, 5.41) is 15.4. The summed E-state index contributed by atoms with van der Waals surface area (Å²) >= 11 is 0. The van der Waals surface area contributed by atoms with Crippen molar-refractivity contribution in [3.8, 4) is 0 Å². The van der Waals surface area contributed by atoms with Gasteiger partial charge in [-0.2, -0.15) is 0 Å². The van der Waals surface area contributed by atoms with Gasteiger partial charge in [-0.05, 0) is 5.92 Å². The van der Waals surface area contributed by atoms with Crippen LogP contribution >= 0.6 is 0 Å². The molecule has 0 saturated carbocycles. The lowest BCUT2D eigenvalue weighted by Crippen LogP contribution is -2.52. The van der Waals surface area contributed by atoms with Gasteiger partial charge in [-0.25, -0.2) is 0 Å². The Hall–Kier alpha value is -2.12. The van der Waals surface area contributed by atoms with Crippen molar-refractivity contribution in [3.63, 3.8) is 0 Å². The highest BCUT2D eigenvalue weighted by molar-refractivity contribution is 5.91. The van der Waals surface area contributed by atoms with E-state index in [-0.39, 0.29) is 18.4 Å². The molecule has 0 rings (SSSR count). The maximum Gasteiger partial charge on any atom is 0.322 e. The van der Waals surface area contributed by atoms with Crippen LogP contribution in [0.1, 0.15) is 20.8 Å². The first-order valence-electron chi connectivity index (χ1n) is 5.77. The third-order valence-electron chi connectivity index (χ3n) is 2.18. The number of aliphatic carboxylic acids is 1. The van der Waals surface area contributed by atoms with Gasteiger partial charge in [0.05, 0.1) is 6.54 Å². The number of hydrogen-bond acceptors (Lipinski definition) is 4. The van der Waals surface area contributed by atoms with Crippen molar-refractivity contribution in [1.82, 2.24) is 16.0 Å². The second-order valence-electron chi connectivity index (χ2n) is 4.31. The van der Waals surface area contributed by atoms with Crippen molar-refractivity contribution in [3.05, 3.63) is 0 Å². The van der Waals surface area contributed by atoms with Crippen LogP contribution in [-0.4, -0.2) is 47.9 Å². The largest absolute Gasteiger partial charge is 0.480 e. The molecule has 0 aliphatic carbocycles. The van der Waals surface area contributed by atoms with Gasteiger partial charge in [0.1, 0.15) is 12.6 Å². The van der Waals surface area contributed by atoms with Crippen LogP contribution in [0.5, 0.6) is 0 Å². The summed E-state index contributed by atoms with van der Waals surface area (Å²) in [6, 6.07) is -0.847. The van der Waals surface area contributed by atoms with Crippen LogP contribution in [0.3, 0.4) is 0 Å². The van der Waals surface area contributed by atoms with Crippen LogP contribution in [0.25, 0.3) is 0 Å². The van der Waals surface area contributed by atoms with Gasteiger partial charge in [-0.15, -0.1) is 0 Å². The van der Waals surface area contributed by atoms with Crippen LogP contribution < -0.4 is 16.0 Å². The molecule has 19 heavy (non-hydrogen) atoms. The molecule has 8 nitrogen and oxygen atoms in total. The molecular formula is C11H19N3O5. The Labute approximate surface area is 110 Å². The maximum absolute atomic E-state index is 11.7. The van der Waals surface area contributed by atoms with Crippen molar-refractivity contribution in [2.24, 2.45) is 5.92 Å². The molecule has 8 heteroatoms. The van der Waals surface area contributed by atoms with Gasteiger partial charge in [0, 0.05) is 6.92 Å². The van der Waals surface area contributed by atoms with Crippen molar-refractivity contribution in [2.75, 3.05) is 13.1 Å². The lowest BCUT2D eigenvalue weighted by Gasteiger charge is -2.21. The van der Waals surface area contributed by atoms with E-state index >= 15 is 0 Å². The molecule has 0 aromatic rings. The predicted molar refractivity (Wildman–Crippen MR) is 66.1 cm³/mol. The smallest absolute Gasteiger partial charge is 0.322 e. The molecular weight excluding hydrogens is 254 g/mol. The summed E-state index contributed by atoms with van der Waals surface area (Å²) in [6.45, 7) is 3.95. The maximum atomic E-state index is 11.7. The SMILES string of the molecule is CC(=O)NCC(=O)NC(C(=O)NCC(=O)O)C(C)C. The van der Waals surface area contributed by atoms with E-state index in [1.165, 1.54) is 6.92 Å². The fourth-order valence-corrected chi connectivity index (χ4v) is 1.24. The summed E-state index contributed by atoms with van der Waals surface area (Å²) in [7, 11) is 0.